The molecule has 0 aliphatic rings. The van der Waals surface area contributed by atoms with Crippen LogP contribution in [0.1, 0.15) is 17.8 Å². The summed E-state index contributed by atoms with van der Waals surface area (Å²) in [7, 11) is 0. The SMILES string of the molecule is Cc1ncc(C#CCC(N)=O)cn1. The van der Waals surface area contributed by atoms with Crippen molar-refractivity contribution in [3.8, 4) is 11.8 Å². The van der Waals surface area contributed by atoms with Gasteiger partial charge in [-0.25, -0.2) is 9.97 Å². The minimum atomic E-state index is -0.430. The Bertz CT molecular complexity index is 359. The third kappa shape index (κ3) is 3.34. The maximum Gasteiger partial charge on any atom is 0.229 e. The van der Waals surface area contributed by atoms with E-state index in [4.69, 9.17) is 5.73 Å². The number of rotatable bonds is 1. The van der Waals surface area contributed by atoms with Gasteiger partial charge in [-0.3, -0.25) is 4.79 Å². The number of hydrogen-bond acceptors (Lipinski definition) is 3. The Balaban J connectivity index is 2.67. The summed E-state index contributed by atoms with van der Waals surface area (Å²) in [5, 5.41) is 0. The molecule has 4 heteroatoms. The van der Waals surface area contributed by atoms with Crippen molar-refractivity contribution in [3.05, 3.63) is 23.8 Å². The Hall–Kier alpha value is -1.89. The molecule has 0 aliphatic carbocycles. The molecule has 13 heavy (non-hydrogen) atoms. The molecule has 0 saturated carbocycles. The number of carbonyl (C=O) groups excluding carboxylic acids is 1. The van der Waals surface area contributed by atoms with Crippen LogP contribution in [0.4, 0.5) is 0 Å². The second-order valence-electron chi connectivity index (χ2n) is 2.46. The second-order valence-corrected chi connectivity index (χ2v) is 2.46. The minimum absolute atomic E-state index is 0.0634. The van der Waals surface area contributed by atoms with Gasteiger partial charge in [-0.1, -0.05) is 11.8 Å². The highest BCUT2D eigenvalue weighted by atomic mass is 16.1. The van der Waals surface area contributed by atoms with Crippen molar-refractivity contribution in [2.45, 2.75) is 13.3 Å². The van der Waals surface area contributed by atoms with Crippen LogP contribution >= 0.6 is 0 Å². The fraction of sp³-hybridized carbons (Fsp3) is 0.222. The van der Waals surface area contributed by atoms with E-state index < -0.39 is 5.91 Å². The summed E-state index contributed by atoms with van der Waals surface area (Å²) in [6.07, 6.45) is 3.28. The monoisotopic (exact) mass is 175 g/mol. The molecule has 0 saturated heterocycles. The van der Waals surface area contributed by atoms with Gasteiger partial charge in [0.2, 0.25) is 5.91 Å². The molecule has 1 aromatic rings. The highest BCUT2D eigenvalue weighted by molar-refractivity contribution is 5.76. The van der Waals surface area contributed by atoms with Gasteiger partial charge in [0.15, 0.2) is 0 Å². The van der Waals surface area contributed by atoms with Crippen LogP contribution in [0.15, 0.2) is 12.4 Å². The van der Waals surface area contributed by atoms with Crippen LogP contribution in [-0.2, 0) is 4.79 Å². The van der Waals surface area contributed by atoms with Crippen molar-refractivity contribution in [2.24, 2.45) is 5.73 Å². The average Bonchev–Trinajstić information content (AvgIpc) is 2.08. The summed E-state index contributed by atoms with van der Waals surface area (Å²) in [5.41, 5.74) is 5.59. The van der Waals surface area contributed by atoms with Crippen molar-refractivity contribution in [1.82, 2.24) is 9.97 Å². The molecule has 0 aliphatic heterocycles. The van der Waals surface area contributed by atoms with Crippen molar-refractivity contribution >= 4 is 5.91 Å². The van der Waals surface area contributed by atoms with Crippen LogP contribution in [0.25, 0.3) is 0 Å². The van der Waals surface area contributed by atoms with Gasteiger partial charge < -0.3 is 5.73 Å². The summed E-state index contributed by atoms with van der Waals surface area (Å²) in [6.45, 7) is 1.79. The van der Waals surface area contributed by atoms with E-state index >= 15 is 0 Å². The van der Waals surface area contributed by atoms with Crippen LogP contribution in [0, 0.1) is 18.8 Å². The molecule has 2 N–H and O–H groups in total. The Morgan fingerprint density at radius 3 is 2.69 bits per heavy atom. The lowest BCUT2D eigenvalue weighted by Crippen LogP contribution is -2.08. The number of aryl methyl sites for hydroxylation is 1. The number of aromatic nitrogens is 2. The molecular weight excluding hydrogens is 166 g/mol. The smallest absolute Gasteiger partial charge is 0.229 e. The van der Waals surface area contributed by atoms with Gasteiger partial charge in [-0.15, -0.1) is 0 Å². The zero-order valence-electron chi connectivity index (χ0n) is 7.24. The molecule has 0 spiro atoms. The van der Waals surface area contributed by atoms with Crippen LogP contribution in [-0.4, -0.2) is 15.9 Å². The van der Waals surface area contributed by atoms with E-state index in [0.29, 0.717) is 11.4 Å². The largest absolute Gasteiger partial charge is 0.369 e. The van der Waals surface area contributed by atoms with Gasteiger partial charge in [-0.05, 0) is 6.92 Å². The first-order valence-electron chi connectivity index (χ1n) is 3.74. The number of amides is 1. The van der Waals surface area contributed by atoms with Crippen molar-refractivity contribution < 1.29 is 4.79 Å². The summed E-state index contributed by atoms with van der Waals surface area (Å²) in [6, 6.07) is 0. The third-order valence-corrected chi connectivity index (χ3v) is 1.28. The van der Waals surface area contributed by atoms with Gasteiger partial charge in [0.25, 0.3) is 0 Å². The predicted octanol–water partition coefficient (Wildman–Crippen LogP) is 0.0119. The fourth-order valence-corrected chi connectivity index (χ4v) is 0.691. The molecule has 0 bridgehead atoms. The first kappa shape index (κ1) is 9.20. The molecule has 1 aromatic heterocycles. The zero-order valence-corrected chi connectivity index (χ0v) is 7.24. The Labute approximate surface area is 76.2 Å². The molecule has 4 nitrogen and oxygen atoms in total. The minimum Gasteiger partial charge on any atom is -0.369 e. The Morgan fingerprint density at radius 1 is 1.54 bits per heavy atom. The highest BCUT2D eigenvalue weighted by Crippen LogP contribution is 1.92. The van der Waals surface area contributed by atoms with E-state index in [0.717, 1.165) is 0 Å². The van der Waals surface area contributed by atoms with Gasteiger partial charge >= 0.3 is 0 Å². The first-order chi connectivity index (χ1) is 6.18. The maximum atomic E-state index is 10.3. The molecule has 0 atom stereocenters. The molecular formula is C9H9N3O. The lowest BCUT2D eigenvalue weighted by molar-refractivity contribution is -0.117. The van der Waals surface area contributed by atoms with Gasteiger partial charge in [0.1, 0.15) is 5.82 Å². The Morgan fingerprint density at radius 2 is 2.15 bits per heavy atom. The van der Waals surface area contributed by atoms with E-state index in [-0.39, 0.29) is 6.42 Å². The summed E-state index contributed by atoms with van der Waals surface area (Å²) >= 11 is 0. The van der Waals surface area contributed by atoms with E-state index in [1.807, 2.05) is 0 Å². The Kier molecular flexibility index (Phi) is 2.98. The number of carbonyl (C=O) groups is 1. The predicted molar refractivity (Wildman–Crippen MR) is 47.5 cm³/mol. The highest BCUT2D eigenvalue weighted by Gasteiger charge is 1.89. The number of primary amides is 1. The van der Waals surface area contributed by atoms with Crippen molar-refractivity contribution in [3.63, 3.8) is 0 Å². The van der Waals surface area contributed by atoms with E-state index in [1.165, 1.54) is 0 Å². The van der Waals surface area contributed by atoms with Crippen LogP contribution in [0.5, 0.6) is 0 Å². The first-order valence-corrected chi connectivity index (χ1v) is 3.74. The molecule has 0 fully saturated rings. The van der Waals surface area contributed by atoms with Crippen LogP contribution < -0.4 is 5.73 Å². The molecule has 0 unspecified atom stereocenters. The van der Waals surface area contributed by atoms with E-state index in [1.54, 1.807) is 19.3 Å². The van der Waals surface area contributed by atoms with E-state index in [9.17, 15) is 4.79 Å². The topological polar surface area (TPSA) is 68.9 Å². The number of nitrogens with two attached hydrogens (primary N) is 1. The molecule has 0 aromatic carbocycles. The van der Waals surface area contributed by atoms with Crippen molar-refractivity contribution in [2.75, 3.05) is 0 Å². The molecule has 1 heterocycles. The van der Waals surface area contributed by atoms with Crippen LogP contribution in [0.3, 0.4) is 0 Å². The summed E-state index contributed by atoms with van der Waals surface area (Å²) in [4.78, 5) is 18.2. The second kappa shape index (κ2) is 4.21. The zero-order chi connectivity index (χ0) is 9.68. The van der Waals surface area contributed by atoms with Crippen LogP contribution in [0.2, 0.25) is 0 Å². The molecule has 66 valence electrons. The lowest BCUT2D eigenvalue weighted by Gasteiger charge is -1.89. The van der Waals surface area contributed by atoms with Crippen molar-refractivity contribution in [1.29, 1.82) is 0 Å². The van der Waals surface area contributed by atoms with E-state index in [2.05, 4.69) is 21.8 Å². The summed E-state index contributed by atoms with van der Waals surface area (Å²) < 4.78 is 0. The fourth-order valence-electron chi connectivity index (χ4n) is 0.691. The van der Waals surface area contributed by atoms with Gasteiger partial charge in [0, 0.05) is 12.4 Å². The quantitative estimate of drug-likeness (QED) is 0.611. The molecule has 1 amide bonds. The molecule has 0 radical (unpaired) electrons. The third-order valence-electron chi connectivity index (χ3n) is 1.28. The van der Waals surface area contributed by atoms with Gasteiger partial charge in [0.05, 0.1) is 12.0 Å². The normalized spacial score (nSPS) is 8.69. The molecule has 1 rings (SSSR count). The standard InChI is InChI=1S/C9H9N3O/c1-7-11-5-8(6-12-7)3-2-4-9(10)13/h5-6H,4H2,1H3,(H2,10,13). The summed E-state index contributed by atoms with van der Waals surface area (Å²) in [5.74, 6) is 5.61. The number of hydrogen-bond donors (Lipinski definition) is 1. The maximum absolute atomic E-state index is 10.3. The number of nitrogens with zero attached hydrogens (tertiary/aromatic N) is 2. The van der Waals surface area contributed by atoms with Gasteiger partial charge in [-0.2, -0.15) is 0 Å². The average molecular weight is 175 g/mol. The lowest BCUT2D eigenvalue weighted by atomic mass is 10.3.